The summed E-state index contributed by atoms with van der Waals surface area (Å²) in [6.07, 6.45) is 1.69. The lowest BCUT2D eigenvalue weighted by Crippen LogP contribution is -2.33. The lowest BCUT2D eigenvalue weighted by atomic mass is 10.1. The molecular weight excluding hydrogens is 314 g/mol. The maximum absolute atomic E-state index is 12.4. The van der Waals surface area contributed by atoms with Crippen molar-refractivity contribution in [1.82, 2.24) is 5.32 Å². The molecule has 0 saturated carbocycles. The van der Waals surface area contributed by atoms with Crippen molar-refractivity contribution in [3.05, 3.63) is 81.9 Å². The van der Waals surface area contributed by atoms with Crippen LogP contribution in [-0.2, 0) is 6.42 Å². The predicted octanol–water partition coefficient (Wildman–Crippen LogP) is 3.85. The van der Waals surface area contributed by atoms with Gasteiger partial charge in [-0.3, -0.25) is 4.79 Å². The largest absolute Gasteiger partial charge is 0.417 e. The molecule has 25 heavy (non-hydrogen) atoms. The second-order valence-corrected chi connectivity index (χ2v) is 6.39. The molecule has 0 aliphatic heterocycles. The molecule has 0 radical (unpaired) electrons. The zero-order chi connectivity index (χ0) is 17.8. The quantitative estimate of drug-likeness (QED) is 0.770. The molecule has 2 aromatic carbocycles. The van der Waals surface area contributed by atoms with Gasteiger partial charge in [0.25, 0.3) is 5.91 Å². The molecule has 1 amide bonds. The number of nitrogens with one attached hydrogen (secondary N) is 1. The van der Waals surface area contributed by atoms with Crippen LogP contribution in [0.3, 0.4) is 0 Å². The van der Waals surface area contributed by atoms with Gasteiger partial charge in [0, 0.05) is 6.04 Å². The van der Waals surface area contributed by atoms with E-state index in [9.17, 15) is 9.59 Å². The zero-order valence-corrected chi connectivity index (χ0v) is 14.4. The smallest absolute Gasteiger partial charge is 0.344 e. The topological polar surface area (TPSA) is 59.3 Å². The molecule has 0 spiro atoms. The molecule has 3 rings (SSSR count). The second kappa shape index (κ2) is 7.34. The van der Waals surface area contributed by atoms with Crippen LogP contribution in [0.2, 0.25) is 0 Å². The Hall–Kier alpha value is -2.88. The highest BCUT2D eigenvalue weighted by Crippen LogP contribution is 2.14. The molecule has 4 heteroatoms. The summed E-state index contributed by atoms with van der Waals surface area (Å²) in [5.74, 6) is -0.312. The van der Waals surface area contributed by atoms with E-state index in [-0.39, 0.29) is 17.7 Å². The highest BCUT2D eigenvalue weighted by Gasteiger charge is 2.14. The van der Waals surface area contributed by atoms with Gasteiger partial charge in [-0.15, -0.1) is 0 Å². The Morgan fingerprint density at radius 1 is 1.12 bits per heavy atom. The van der Waals surface area contributed by atoms with Gasteiger partial charge in [0.05, 0.1) is 5.39 Å². The summed E-state index contributed by atoms with van der Waals surface area (Å²) in [6, 6.07) is 17.2. The van der Waals surface area contributed by atoms with E-state index in [0.717, 1.165) is 18.4 Å². The first-order valence-corrected chi connectivity index (χ1v) is 8.42. The molecule has 128 valence electrons. The van der Waals surface area contributed by atoms with Crippen LogP contribution in [0.4, 0.5) is 0 Å². The van der Waals surface area contributed by atoms with Crippen molar-refractivity contribution < 1.29 is 9.21 Å². The highest BCUT2D eigenvalue weighted by molar-refractivity contribution is 5.95. The van der Waals surface area contributed by atoms with Gasteiger partial charge in [-0.2, -0.15) is 0 Å². The van der Waals surface area contributed by atoms with Crippen LogP contribution in [0, 0.1) is 6.92 Å². The fourth-order valence-corrected chi connectivity index (χ4v) is 2.81. The van der Waals surface area contributed by atoms with Gasteiger partial charge in [-0.1, -0.05) is 48.0 Å². The molecule has 0 bridgehead atoms. The Bertz CT molecular complexity index is 944. The molecule has 0 aliphatic carbocycles. The minimum absolute atomic E-state index is 0.0216. The zero-order valence-electron chi connectivity index (χ0n) is 14.4. The van der Waals surface area contributed by atoms with Crippen molar-refractivity contribution in [2.75, 3.05) is 0 Å². The number of fused-ring (bicyclic) bond motifs is 1. The number of aryl methyl sites for hydroxylation is 2. The van der Waals surface area contributed by atoms with Crippen molar-refractivity contribution in [2.45, 2.75) is 32.7 Å². The molecule has 3 aromatic rings. The molecule has 0 aliphatic rings. The Morgan fingerprint density at radius 3 is 2.64 bits per heavy atom. The maximum atomic E-state index is 12.4. The molecule has 1 N–H and O–H groups in total. The minimum Gasteiger partial charge on any atom is -0.417 e. The Balaban J connectivity index is 1.69. The molecule has 1 aromatic heterocycles. The van der Waals surface area contributed by atoms with Crippen LogP contribution < -0.4 is 10.9 Å². The third-order valence-corrected chi connectivity index (χ3v) is 4.23. The lowest BCUT2D eigenvalue weighted by Gasteiger charge is -2.13. The number of amides is 1. The second-order valence-electron chi connectivity index (χ2n) is 6.39. The van der Waals surface area contributed by atoms with Gasteiger partial charge in [0.15, 0.2) is 5.76 Å². The SMILES string of the molecule is Cc1ccc2cc(C(=O)NC(C)CCc3ccccc3)oc(=O)c2c1. The first kappa shape index (κ1) is 17.0. The standard InChI is InChI=1S/C21H21NO3/c1-14-8-11-17-13-19(25-21(24)18(17)12-14)20(23)22-15(2)9-10-16-6-4-3-5-7-16/h3-8,11-13,15H,9-10H2,1-2H3,(H,22,23). The van der Waals surface area contributed by atoms with Crippen molar-refractivity contribution in [3.63, 3.8) is 0 Å². The number of benzene rings is 2. The van der Waals surface area contributed by atoms with Gasteiger partial charge in [-0.05, 0) is 49.8 Å². The summed E-state index contributed by atoms with van der Waals surface area (Å²) < 4.78 is 5.20. The van der Waals surface area contributed by atoms with E-state index >= 15 is 0 Å². The average Bonchev–Trinajstić information content (AvgIpc) is 2.61. The van der Waals surface area contributed by atoms with Gasteiger partial charge in [0.1, 0.15) is 0 Å². The predicted molar refractivity (Wildman–Crippen MR) is 98.9 cm³/mol. The van der Waals surface area contributed by atoms with Crippen LogP contribution in [0.1, 0.15) is 35.0 Å². The summed E-state index contributed by atoms with van der Waals surface area (Å²) in [5.41, 5.74) is 1.73. The summed E-state index contributed by atoms with van der Waals surface area (Å²) >= 11 is 0. The summed E-state index contributed by atoms with van der Waals surface area (Å²) in [7, 11) is 0. The monoisotopic (exact) mass is 335 g/mol. The van der Waals surface area contributed by atoms with Gasteiger partial charge in [-0.25, -0.2) is 4.79 Å². The number of hydrogen-bond donors (Lipinski definition) is 1. The fourth-order valence-electron chi connectivity index (χ4n) is 2.81. The van der Waals surface area contributed by atoms with E-state index < -0.39 is 5.63 Å². The lowest BCUT2D eigenvalue weighted by molar-refractivity contribution is 0.0906. The Morgan fingerprint density at radius 2 is 1.88 bits per heavy atom. The fraction of sp³-hybridized carbons (Fsp3) is 0.238. The average molecular weight is 335 g/mol. The Labute approximate surface area is 146 Å². The van der Waals surface area contributed by atoms with E-state index in [2.05, 4.69) is 17.4 Å². The van der Waals surface area contributed by atoms with Gasteiger partial charge in [0.2, 0.25) is 0 Å². The first-order chi connectivity index (χ1) is 12.0. The third kappa shape index (κ3) is 4.15. The van der Waals surface area contributed by atoms with Crippen molar-refractivity contribution in [1.29, 1.82) is 0 Å². The summed E-state index contributed by atoms with van der Waals surface area (Å²) in [5, 5.41) is 4.10. The number of carbonyl (C=O) groups excluding carboxylic acids is 1. The van der Waals surface area contributed by atoms with Crippen molar-refractivity contribution >= 4 is 16.7 Å². The normalized spacial score (nSPS) is 12.1. The molecule has 1 heterocycles. The number of rotatable bonds is 5. The first-order valence-electron chi connectivity index (χ1n) is 8.42. The molecule has 0 fully saturated rings. The van der Waals surface area contributed by atoms with E-state index in [1.165, 1.54) is 5.56 Å². The van der Waals surface area contributed by atoms with Crippen LogP contribution in [0.15, 0.2) is 63.8 Å². The van der Waals surface area contributed by atoms with Gasteiger partial charge >= 0.3 is 5.63 Å². The third-order valence-electron chi connectivity index (χ3n) is 4.23. The Kier molecular flexibility index (Phi) is 4.98. The summed E-state index contributed by atoms with van der Waals surface area (Å²) in [6.45, 7) is 3.86. The molecule has 4 nitrogen and oxygen atoms in total. The molecule has 1 unspecified atom stereocenters. The van der Waals surface area contributed by atoms with Gasteiger partial charge < -0.3 is 9.73 Å². The van der Waals surface area contributed by atoms with Crippen LogP contribution >= 0.6 is 0 Å². The molecule has 0 saturated heterocycles. The van der Waals surface area contributed by atoms with E-state index in [1.54, 1.807) is 12.1 Å². The van der Waals surface area contributed by atoms with E-state index in [4.69, 9.17) is 4.42 Å². The van der Waals surface area contributed by atoms with Crippen molar-refractivity contribution in [2.24, 2.45) is 0 Å². The molecular formula is C21H21NO3. The van der Waals surface area contributed by atoms with Crippen molar-refractivity contribution in [3.8, 4) is 0 Å². The highest BCUT2D eigenvalue weighted by atomic mass is 16.4. The van der Waals surface area contributed by atoms with Crippen LogP contribution in [-0.4, -0.2) is 11.9 Å². The number of carbonyl (C=O) groups is 1. The van der Waals surface area contributed by atoms with E-state index in [1.807, 2.05) is 44.2 Å². The molecule has 1 atom stereocenters. The summed E-state index contributed by atoms with van der Waals surface area (Å²) in [4.78, 5) is 24.5. The van der Waals surface area contributed by atoms with Crippen LogP contribution in [0.5, 0.6) is 0 Å². The minimum atomic E-state index is -0.483. The number of hydrogen-bond acceptors (Lipinski definition) is 3. The van der Waals surface area contributed by atoms with Crippen LogP contribution in [0.25, 0.3) is 10.8 Å². The van der Waals surface area contributed by atoms with E-state index in [0.29, 0.717) is 10.8 Å². The maximum Gasteiger partial charge on any atom is 0.344 e.